The first-order valence-corrected chi connectivity index (χ1v) is 8.27. The maximum atomic E-state index is 11.7. The molecule has 0 bridgehead atoms. The van der Waals surface area contributed by atoms with E-state index in [9.17, 15) is 14.8 Å². The molecule has 2 heterocycles. The van der Waals surface area contributed by atoms with Gasteiger partial charge in [-0.25, -0.2) is 0 Å². The van der Waals surface area contributed by atoms with Crippen molar-refractivity contribution in [2.45, 2.75) is 25.8 Å². The minimum absolute atomic E-state index is 0.408. The third-order valence-corrected chi connectivity index (χ3v) is 4.79. The highest BCUT2D eigenvalue weighted by atomic mass is 16.5. The normalized spacial score (nSPS) is 18.3. The number of hydrogen-bond acceptors (Lipinski definition) is 5. The van der Waals surface area contributed by atoms with Crippen molar-refractivity contribution < 1.29 is 14.6 Å². The Labute approximate surface area is 145 Å². The summed E-state index contributed by atoms with van der Waals surface area (Å²) in [5.41, 5.74) is 0.630. The molecule has 130 valence electrons. The number of carboxylic acid groups (broad SMARTS) is 1. The fourth-order valence-electron chi connectivity index (χ4n) is 3.02. The van der Waals surface area contributed by atoms with Gasteiger partial charge in [0.05, 0.1) is 11.1 Å². The summed E-state index contributed by atoms with van der Waals surface area (Å²) in [4.78, 5) is 26.8. The predicted molar refractivity (Wildman–Crippen MR) is 95.1 cm³/mol. The average molecular weight is 340 g/mol. The van der Waals surface area contributed by atoms with Gasteiger partial charge in [-0.3, -0.25) is 9.78 Å². The van der Waals surface area contributed by atoms with E-state index in [1.54, 1.807) is 25.3 Å². The van der Waals surface area contributed by atoms with E-state index in [0.29, 0.717) is 31.7 Å². The fourth-order valence-corrected chi connectivity index (χ4v) is 3.02. The van der Waals surface area contributed by atoms with Gasteiger partial charge in [0.1, 0.15) is 6.04 Å². The number of carbonyl (C=O) groups is 1. The zero-order chi connectivity index (χ0) is 17.9. The Morgan fingerprint density at radius 3 is 2.76 bits per heavy atom. The predicted octanol–water partition coefficient (Wildman–Crippen LogP) is 3.96. The molecule has 25 heavy (non-hydrogen) atoms. The Kier molecular flexibility index (Phi) is 4.90. The molecule has 1 aliphatic rings. The van der Waals surface area contributed by atoms with Crippen LogP contribution in [0, 0.1) is 10.3 Å². The molecule has 1 atom stereocenters. The van der Waals surface area contributed by atoms with Crippen LogP contribution in [0.4, 0.5) is 0 Å². The van der Waals surface area contributed by atoms with Crippen molar-refractivity contribution in [1.82, 2.24) is 4.98 Å². The lowest BCUT2D eigenvalue weighted by Gasteiger charge is -2.30. The number of benzene rings is 1. The minimum atomic E-state index is -0.896. The summed E-state index contributed by atoms with van der Waals surface area (Å²) in [6.07, 6.45) is 6.14. The van der Waals surface area contributed by atoms with Gasteiger partial charge in [0.25, 0.3) is 0 Å². The Bertz CT molecular complexity index is 825. The molecule has 3 rings (SSSR count). The van der Waals surface area contributed by atoms with E-state index in [1.807, 2.05) is 24.3 Å². The van der Waals surface area contributed by atoms with Gasteiger partial charge in [-0.1, -0.05) is 23.4 Å². The van der Waals surface area contributed by atoms with Gasteiger partial charge in [-0.15, -0.1) is 0 Å². The third kappa shape index (κ3) is 3.58. The Balaban J connectivity index is 1.92. The molecule has 2 aromatic rings. The molecule has 1 aromatic heterocycles. The van der Waals surface area contributed by atoms with Crippen molar-refractivity contribution in [1.29, 1.82) is 0 Å². The zero-order valence-electron chi connectivity index (χ0n) is 14.0. The number of nitrogens with zero attached hydrogens (tertiary/aromatic N) is 2. The molecule has 1 fully saturated rings. The Morgan fingerprint density at radius 2 is 2.08 bits per heavy atom. The van der Waals surface area contributed by atoms with Crippen molar-refractivity contribution >= 4 is 22.8 Å². The molecular formula is C19H20N2O4. The average Bonchev–Trinajstić information content (AvgIpc) is 2.65. The first kappa shape index (κ1) is 17.2. The lowest BCUT2D eigenvalue weighted by molar-refractivity contribution is -0.150. The molecule has 6 heteroatoms. The second kappa shape index (κ2) is 7.11. The highest BCUT2D eigenvalue weighted by Crippen LogP contribution is 2.33. The maximum absolute atomic E-state index is 11.7. The quantitative estimate of drug-likeness (QED) is 0.832. The van der Waals surface area contributed by atoms with Crippen LogP contribution < -0.4 is 0 Å². The van der Waals surface area contributed by atoms with Gasteiger partial charge >= 0.3 is 5.97 Å². The number of fused-ring (bicyclic) bond motifs is 1. The van der Waals surface area contributed by atoms with Crippen LogP contribution in [0.15, 0.2) is 41.7 Å². The highest BCUT2D eigenvalue weighted by Gasteiger charge is 2.37. The van der Waals surface area contributed by atoms with E-state index < -0.39 is 17.4 Å². The van der Waals surface area contributed by atoms with Crippen LogP contribution in [0.3, 0.4) is 0 Å². The molecule has 0 aliphatic carbocycles. The van der Waals surface area contributed by atoms with E-state index in [1.165, 1.54) is 0 Å². The minimum Gasteiger partial charge on any atom is -0.481 e. The Morgan fingerprint density at radius 1 is 1.32 bits per heavy atom. The van der Waals surface area contributed by atoms with E-state index >= 15 is 0 Å². The summed E-state index contributed by atoms with van der Waals surface area (Å²) in [7, 11) is 0. The second-order valence-corrected chi connectivity index (χ2v) is 6.40. The lowest BCUT2D eigenvalue weighted by Crippen LogP contribution is -2.35. The van der Waals surface area contributed by atoms with Crippen LogP contribution in [0.25, 0.3) is 16.8 Å². The monoisotopic (exact) mass is 340 g/mol. The van der Waals surface area contributed by atoms with Gasteiger partial charge in [0, 0.05) is 24.8 Å². The summed E-state index contributed by atoms with van der Waals surface area (Å²) < 4.78 is 5.28. The number of aromatic nitrogens is 1. The summed E-state index contributed by atoms with van der Waals surface area (Å²) in [5, 5.41) is 14.6. The molecule has 0 spiro atoms. The highest BCUT2D eigenvalue weighted by molar-refractivity contribution is 5.84. The first-order chi connectivity index (χ1) is 12.0. The van der Waals surface area contributed by atoms with Crippen molar-refractivity contribution in [2.24, 2.45) is 10.6 Å². The molecule has 6 nitrogen and oxygen atoms in total. The summed E-state index contributed by atoms with van der Waals surface area (Å²) >= 11 is 0. The van der Waals surface area contributed by atoms with Crippen LogP contribution in [0.5, 0.6) is 0 Å². The van der Waals surface area contributed by atoms with Gasteiger partial charge in [-0.05, 0) is 48.9 Å². The molecule has 0 radical (unpaired) electrons. The molecule has 0 unspecified atom stereocenters. The number of carboxylic acids is 1. The van der Waals surface area contributed by atoms with Crippen molar-refractivity contribution in [3.63, 3.8) is 0 Å². The zero-order valence-corrected chi connectivity index (χ0v) is 14.0. The topological polar surface area (TPSA) is 88.9 Å². The standard InChI is InChI=1S/C19H20N2O4/c1-13(21-24)14-2-3-15-12-20-17(11-16(15)10-14)4-5-19(18(22)23)6-8-25-9-7-19/h2-5,10-13H,6-9H2,1H3,(H,22,23)/b5-4+/t13-/m1/s1. The van der Waals surface area contributed by atoms with Crippen LogP contribution in [-0.4, -0.2) is 29.3 Å². The van der Waals surface area contributed by atoms with Crippen molar-refractivity contribution in [2.75, 3.05) is 13.2 Å². The van der Waals surface area contributed by atoms with Gasteiger partial charge in [0.2, 0.25) is 0 Å². The van der Waals surface area contributed by atoms with Crippen molar-refractivity contribution in [3.8, 4) is 0 Å². The number of nitroso groups, excluding NO2 is 1. The number of aliphatic carboxylic acids is 1. The molecule has 1 aliphatic heterocycles. The van der Waals surface area contributed by atoms with E-state index in [0.717, 1.165) is 16.3 Å². The number of pyridine rings is 1. The molecule has 1 N–H and O–H groups in total. The van der Waals surface area contributed by atoms with E-state index in [2.05, 4.69) is 10.2 Å². The van der Waals surface area contributed by atoms with Gasteiger partial charge in [-0.2, -0.15) is 4.91 Å². The van der Waals surface area contributed by atoms with Gasteiger partial charge < -0.3 is 9.84 Å². The largest absolute Gasteiger partial charge is 0.481 e. The van der Waals surface area contributed by atoms with Crippen LogP contribution >= 0.6 is 0 Å². The molecule has 1 aromatic carbocycles. The van der Waals surface area contributed by atoms with Crippen LogP contribution in [0.2, 0.25) is 0 Å². The number of rotatable bonds is 5. The van der Waals surface area contributed by atoms with E-state index in [4.69, 9.17) is 4.74 Å². The molecule has 0 saturated carbocycles. The summed E-state index contributed by atoms with van der Waals surface area (Å²) in [5.74, 6) is -0.832. The first-order valence-electron chi connectivity index (χ1n) is 8.27. The second-order valence-electron chi connectivity index (χ2n) is 6.40. The Hall–Kier alpha value is -2.60. The molecular weight excluding hydrogens is 320 g/mol. The molecule has 0 amide bonds. The fraction of sp³-hybridized carbons (Fsp3) is 0.368. The lowest BCUT2D eigenvalue weighted by atomic mass is 9.80. The van der Waals surface area contributed by atoms with Crippen LogP contribution in [0.1, 0.15) is 37.1 Å². The van der Waals surface area contributed by atoms with Crippen LogP contribution in [-0.2, 0) is 9.53 Å². The SMILES string of the molecule is C[C@@H](N=O)c1ccc2cnc(/C=C/C3(C(=O)O)CCOCC3)cc2c1. The van der Waals surface area contributed by atoms with E-state index in [-0.39, 0.29) is 0 Å². The summed E-state index contributed by atoms with van der Waals surface area (Å²) in [6.45, 7) is 2.64. The molecule has 1 saturated heterocycles. The summed E-state index contributed by atoms with van der Waals surface area (Å²) in [6, 6.07) is 7.18. The smallest absolute Gasteiger partial charge is 0.313 e. The third-order valence-electron chi connectivity index (χ3n) is 4.79. The van der Waals surface area contributed by atoms with Gasteiger partial charge in [0.15, 0.2) is 0 Å². The number of hydrogen-bond donors (Lipinski definition) is 1. The number of ether oxygens (including phenoxy) is 1. The maximum Gasteiger partial charge on any atom is 0.313 e. The van der Waals surface area contributed by atoms with Crippen molar-refractivity contribution in [3.05, 3.63) is 52.7 Å².